The molecule has 1 aromatic carbocycles. The second kappa shape index (κ2) is 5.85. The number of pyridine rings is 1. The molecular formula is C16H20N2O. The average molecular weight is 256 g/mol. The molecule has 0 aliphatic carbocycles. The Morgan fingerprint density at radius 3 is 2.32 bits per heavy atom. The summed E-state index contributed by atoms with van der Waals surface area (Å²) in [5, 5.41) is 0. The first kappa shape index (κ1) is 13.6. The molecule has 0 fully saturated rings. The third-order valence-corrected chi connectivity index (χ3v) is 2.84. The minimum absolute atomic E-state index is 0.179. The topological polar surface area (TPSA) is 48.1 Å². The molecular weight excluding hydrogens is 236 g/mol. The average Bonchev–Trinajstić information content (AvgIpc) is 2.38. The molecule has 1 heterocycles. The van der Waals surface area contributed by atoms with Gasteiger partial charge in [-0.15, -0.1) is 0 Å². The van der Waals surface area contributed by atoms with Crippen LogP contribution in [0.2, 0.25) is 0 Å². The lowest BCUT2D eigenvalue weighted by molar-refractivity contribution is 0.242. The van der Waals surface area contributed by atoms with Gasteiger partial charge in [0.1, 0.15) is 5.75 Å². The van der Waals surface area contributed by atoms with Crippen LogP contribution in [0.3, 0.4) is 0 Å². The molecule has 3 nitrogen and oxygen atoms in total. The molecule has 2 N–H and O–H groups in total. The van der Waals surface area contributed by atoms with Crippen LogP contribution in [-0.4, -0.2) is 11.1 Å². The summed E-state index contributed by atoms with van der Waals surface area (Å²) in [6.07, 6.45) is 0.179. The Balaban J connectivity index is 2.17. The van der Waals surface area contributed by atoms with Gasteiger partial charge in [-0.2, -0.15) is 0 Å². The van der Waals surface area contributed by atoms with Gasteiger partial charge in [-0.25, -0.2) is 0 Å². The van der Waals surface area contributed by atoms with Crippen molar-refractivity contribution in [2.45, 2.75) is 32.9 Å². The van der Waals surface area contributed by atoms with Crippen LogP contribution in [0.1, 0.15) is 36.8 Å². The van der Waals surface area contributed by atoms with Gasteiger partial charge in [0, 0.05) is 5.69 Å². The maximum Gasteiger partial charge on any atom is 0.119 e. The van der Waals surface area contributed by atoms with Crippen LogP contribution < -0.4 is 10.5 Å². The van der Waals surface area contributed by atoms with Crippen LogP contribution in [0, 0.1) is 6.92 Å². The minimum Gasteiger partial charge on any atom is -0.491 e. The maximum absolute atomic E-state index is 6.23. The fraction of sp³-hybridized carbons (Fsp3) is 0.312. The van der Waals surface area contributed by atoms with Crippen molar-refractivity contribution in [1.29, 1.82) is 0 Å². The van der Waals surface area contributed by atoms with E-state index in [2.05, 4.69) is 4.98 Å². The molecule has 2 rings (SSSR count). The van der Waals surface area contributed by atoms with Crippen LogP contribution in [0.4, 0.5) is 0 Å². The molecule has 1 unspecified atom stereocenters. The first-order valence-corrected chi connectivity index (χ1v) is 6.52. The third-order valence-electron chi connectivity index (χ3n) is 2.84. The van der Waals surface area contributed by atoms with Gasteiger partial charge in [-0.1, -0.05) is 18.2 Å². The van der Waals surface area contributed by atoms with Crippen molar-refractivity contribution >= 4 is 0 Å². The standard InChI is InChI=1S/C16H20N2O/c1-11(2)19-14-9-7-13(8-10-14)16(17)15-6-4-5-12(3)18-15/h4-11,16H,17H2,1-3H3. The lowest BCUT2D eigenvalue weighted by atomic mass is 10.0. The molecule has 0 aliphatic rings. The lowest BCUT2D eigenvalue weighted by Crippen LogP contribution is -2.14. The summed E-state index contributed by atoms with van der Waals surface area (Å²) in [5.41, 5.74) is 9.14. The normalized spacial score (nSPS) is 12.5. The number of aromatic nitrogens is 1. The number of hydrogen-bond acceptors (Lipinski definition) is 3. The van der Waals surface area contributed by atoms with Gasteiger partial charge in [0.15, 0.2) is 0 Å². The summed E-state index contributed by atoms with van der Waals surface area (Å²) in [6.45, 7) is 5.99. The zero-order valence-electron chi connectivity index (χ0n) is 11.6. The molecule has 0 saturated heterocycles. The lowest BCUT2D eigenvalue weighted by Gasteiger charge is -2.14. The molecule has 0 aliphatic heterocycles. The van der Waals surface area contributed by atoms with Crippen LogP contribution >= 0.6 is 0 Å². The zero-order chi connectivity index (χ0) is 13.8. The predicted molar refractivity (Wildman–Crippen MR) is 77.2 cm³/mol. The van der Waals surface area contributed by atoms with Gasteiger partial charge in [0.25, 0.3) is 0 Å². The van der Waals surface area contributed by atoms with Crippen LogP contribution in [0.25, 0.3) is 0 Å². The Bertz CT molecular complexity index is 535. The van der Waals surface area contributed by atoms with Crippen molar-refractivity contribution in [2.75, 3.05) is 0 Å². The smallest absolute Gasteiger partial charge is 0.119 e. The van der Waals surface area contributed by atoms with Crippen molar-refractivity contribution in [3.05, 3.63) is 59.4 Å². The molecule has 100 valence electrons. The van der Waals surface area contributed by atoms with Crippen molar-refractivity contribution in [3.63, 3.8) is 0 Å². The Morgan fingerprint density at radius 2 is 1.74 bits per heavy atom. The van der Waals surface area contributed by atoms with Gasteiger partial charge in [0.05, 0.1) is 17.8 Å². The van der Waals surface area contributed by atoms with E-state index in [0.29, 0.717) is 0 Å². The molecule has 2 aromatic rings. The Labute approximate surface area is 114 Å². The molecule has 0 bridgehead atoms. The number of nitrogens with zero attached hydrogens (tertiary/aromatic N) is 1. The van der Waals surface area contributed by atoms with E-state index < -0.39 is 0 Å². The number of ether oxygens (including phenoxy) is 1. The second-order valence-electron chi connectivity index (χ2n) is 4.92. The Hall–Kier alpha value is -1.87. The molecule has 0 radical (unpaired) electrons. The molecule has 0 saturated carbocycles. The van der Waals surface area contributed by atoms with E-state index in [1.807, 2.05) is 63.2 Å². The summed E-state index contributed by atoms with van der Waals surface area (Å²) < 4.78 is 5.62. The molecule has 0 spiro atoms. The van der Waals surface area contributed by atoms with Crippen molar-refractivity contribution in [1.82, 2.24) is 4.98 Å². The van der Waals surface area contributed by atoms with E-state index in [1.165, 1.54) is 0 Å². The van der Waals surface area contributed by atoms with Gasteiger partial charge >= 0.3 is 0 Å². The van der Waals surface area contributed by atoms with Crippen LogP contribution in [0.15, 0.2) is 42.5 Å². The molecule has 3 heteroatoms. The molecule has 1 aromatic heterocycles. The quantitative estimate of drug-likeness (QED) is 0.913. The van der Waals surface area contributed by atoms with Gasteiger partial charge in [-0.05, 0) is 50.6 Å². The summed E-state index contributed by atoms with van der Waals surface area (Å²) in [4.78, 5) is 4.46. The van der Waals surface area contributed by atoms with Gasteiger partial charge < -0.3 is 10.5 Å². The fourth-order valence-corrected chi connectivity index (χ4v) is 1.93. The Morgan fingerprint density at radius 1 is 1.05 bits per heavy atom. The number of rotatable bonds is 4. The van der Waals surface area contributed by atoms with Crippen LogP contribution in [-0.2, 0) is 0 Å². The molecule has 19 heavy (non-hydrogen) atoms. The highest BCUT2D eigenvalue weighted by molar-refractivity contribution is 5.33. The van der Waals surface area contributed by atoms with Crippen molar-refractivity contribution < 1.29 is 4.74 Å². The highest BCUT2D eigenvalue weighted by Gasteiger charge is 2.10. The van der Waals surface area contributed by atoms with Gasteiger partial charge in [-0.3, -0.25) is 4.98 Å². The Kier molecular flexibility index (Phi) is 4.17. The molecule has 0 amide bonds. The van der Waals surface area contributed by atoms with Crippen molar-refractivity contribution in [3.8, 4) is 5.75 Å². The predicted octanol–water partition coefficient (Wildman–Crippen LogP) is 3.23. The van der Waals surface area contributed by atoms with E-state index in [9.17, 15) is 0 Å². The SMILES string of the molecule is Cc1cccc(C(N)c2ccc(OC(C)C)cc2)n1. The van der Waals surface area contributed by atoms with E-state index in [1.54, 1.807) is 0 Å². The highest BCUT2D eigenvalue weighted by atomic mass is 16.5. The molecule has 1 atom stereocenters. The highest BCUT2D eigenvalue weighted by Crippen LogP contribution is 2.21. The minimum atomic E-state index is -0.201. The van der Waals surface area contributed by atoms with Crippen molar-refractivity contribution in [2.24, 2.45) is 5.73 Å². The summed E-state index contributed by atoms with van der Waals surface area (Å²) in [6, 6.07) is 13.6. The van der Waals surface area contributed by atoms with E-state index in [4.69, 9.17) is 10.5 Å². The van der Waals surface area contributed by atoms with E-state index in [-0.39, 0.29) is 12.1 Å². The third kappa shape index (κ3) is 3.55. The van der Waals surface area contributed by atoms with E-state index in [0.717, 1.165) is 22.7 Å². The zero-order valence-corrected chi connectivity index (χ0v) is 11.6. The number of benzene rings is 1. The van der Waals surface area contributed by atoms with Gasteiger partial charge in [0.2, 0.25) is 0 Å². The summed E-state index contributed by atoms with van der Waals surface area (Å²) in [5.74, 6) is 0.864. The number of aryl methyl sites for hydroxylation is 1. The number of nitrogens with two attached hydrogens (primary N) is 1. The maximum atomic E-state index is 6.23. The second-order valence-corrected chi connectivity index (χ2v) is 4.92. The van der Waals surface area contributed by atoms with Crippen LogP contribution in [0.5, 0.6) is 5.75 Å². The first-order chi connectivity index (χ1) is 9.06. The summed E-state index contributed by atoms with van der Waals surface area (Å²) in [7, 11) is 0. The number of hydrogen-bond donors (Lipinski definition) is 1. The monoisotopic (exact) mass is 256 g/mol. The summed E-state index contributed by atoms with van der Waals surface area (Å²) >= 11 is 0. The first-order valence-electron chi connectivity index (χ1n) is 6.52. The largest absolute Gasteiger partial charge is 0.491 e. The van der Waals surface area contributed by atoms with E-state index >= 15 is 0 Å². The fourth-order valence-electron chi connectivity index (χ4n) is 1.93.